The van der Waals surface area contributed by atoms with Crippen LogP contribution in [0.4, 0.5) is 0 Å². The van der Waals surface area contributed by atoms with Crippen molar-refractivity contribution in [1.82, 2.24) is 0 Å². The summed E-state index contributed by atoms with van der Waals surface area (Å²) in [6.07, 6.45) is 10.9. The maximum atomic E-state index is 11.0. The van der Waals surface area contributed by atoms with Gasteiger partial charge in [-0.25, -0.2) is 4.79 Å². The van der Waals surface area contributed by atoms with Crippen molar-refractivity contribution in [3.8, 4) is 24.2 Å². The average Bonchev–Trinajstić information content (AvgIpc) is 2.42. The number of aliphatic hydroxyl groups is 2. The Morgan fingerprint density at radius 3 is 2.71 bits per heavy atom. The number of amides is 1. The van der Waals surface area contributed by atoms with Gasteiger partial charge in [0.1, 0.15) is 6.10 Å². The summed E-state index contributed by atoms with van der Waals surface area (Å²) in [7, 11) is 1.15. The quantitative estimate of drug-likeness (QED) is 0.416. The number of hydrogen-bond donors (Lipinski definition) is 2. The number of carbonyl (C=O) groups excluding carboxylic acids is 1. The molecule has 112 valence electrons. The van der Waals surface area contributed by atoms with Crippen LogP contribution in [0.5, 0.6) is 0 Å². The highest BCUT2D eigenvalue weighted by atomic mass is 16.3. The first kappa shape index (κ1) is 18.8. The highest BCUT2D eigenvalue weighted by Gasteiger charge is 2.15. The van der Waals surface area contributed by atoms with Gasteiger partial charge in [0.25, 0.3) is 0 Å². The van der Waals surface area contributed by atoms with E-state index in [4.69, 9.17) is 6.42 Å². The molecule has 2 unspecified atom stereocenters. The van der Waals surface area contributed by atoms with Crippen LogP contribution in [0.2, 0.25) is 0 Å². The molecule has 5 nitrogen and oxygen atoms in total. The molecule has 0 bridgehead atoms. The summed E-state index contributed by atoms with van der Waals surface area (Å²) >= 11 is 0. The van der Waals surface area contributed by atoms with E-state index < -0.39 is 18.1 Å². The monoisotopic (exact) mass is 290 g/mol. The molecule has 0 fully saturated rings. The lowest BCUT2D eigenvalue weighted by Gasteiger charge is -1.99. The molecule has 0 aromatic heterocycles. The molecule has 21 heavy (non-hydrogen) atoms. The smallest absolute Gasteiger partial charge is 0.388 e. The Morgan fingerprint density at radius 1 is 1.38 bits per heavy atom. The predicted molar refractivity (Wildman–Crippen MR) is 79.9 cm³/mol. The minimum Gasteiger partial charge on any atom is -0.388 e. The van der Waals surface area contributed by atoms with Gasteiger partial charge in [-0.05, 0) is 18.9 Å². The number of nitrogens with zero attached hydrogens (tertiary/aromatic N) is 1. The van der Waals surface area contributed by atoms with Gasteiger partial charge in [0, 0.05) is 11.3 Å². The van der Waals surface area contributed by atoms with Crippen LogP contribution >= 0.6 is 0 Å². The van der Waals surface area contributed by atoms with Crippen molar-refractivity contribution in [1.29, 1.82) is 0 Å². The summed E-state index contributed by atoms with van der Waals surface area (Å²) in [5.74, 6) is 7.05. The molecule has 5 heteroatoms. The van der Waals surface area contributed by atoms with E-state index in [1.54, 1.807) is 18.2 Å². The Hall–Kier alpha value is -2.21. The Bertz CT molecular complexity index is 503. The maximum absolute atomic E-state index is 11.0. The first-order valence-corrected chi connectivity index (χ1v) is 6.55. The molecule has 0 radical (unpaired) electrons. The zero-order valence-electron chi connectivity index (χ0n) is 12.0. The molecule has 2 atom stereocenters. The molecule has 0 rings (SSSR count). The summed E-state index contributed by atoms with van der Waals surface area (Å²) in [6.45, 7) is 0. The third-order valence-corrected chi connectivity index (χ3v) is 2.42. The molecule has 0 aliphatic carbocycles. The number of nitroso groups, excluding NO2 is 1. The van der Waals surface area contributed by atoms with Gasteiger partial charge in [-0.2, -0.15) is 0 Å². The Kier molecular flexibility index (Phi) is 10.4. The standard InChI is InChI=1S/C16H20NO4/c1-3-9-14(18)10-6-4-5-7-11-15(19)12-8-13-16(20)17(2)21/h1,4-6,10,14-15,18-19H,8-9,12-13H2,2H3/q+1. The van der Waals surface area contributed by atoms with E-state index in [2.05, 4.69) is 17.8 Å². The third kappa shape index (κ3) is 11.3. The van der Waals surface area contributed by atoms with Crippen LogP contribution in [0.25, 0.3) is 0 Å². The zero-order chi connectivity index (χ0) is 16.1. The summed E-state index contributed by atoms with van der Waals surface area (Å²) < 4.78 is 0.280. The van der Waals surface area contributed by atoms with Crippen LogP contribution in [0.1, 0.15) is 25.7 Å². The molecular weight excluding hydrogens is 270 g/mol. The van der Waals surface area contributed by atoms with Crippen molar-refractivity contribution in [3.05, 3.63) is 29.2 Å². The first-order valence-electron chi connectivity index (χ1n) is 6.55. The van der Waals surface area contributed by atoms with Gasteiger partial charge >= 0.3 is 5.91 Å². The molecule has 0 aromatic carbocycles. The molecule has 2 N–H and O–H groups in total. The number of carbonyl (C=O) groups is 1. The van der Waals surface area contributed by atoms with E-state index in [0.717, 1.165) is 7.05 Å². The average molecular weight is 290 g/mol. The largest absolute Gasteiger partial charge is 0.432 e. The SMILES string of the molecule is C#CCC(O)C=CC=CC#CC(O)CCCC(=O)[N+](C)=O. The second-order valence-electron chi connectivity index (χ2n) is 4.31. The Labute approximate surface area is 124 Å². The highest BCUT2D eigenvalue weighted by Crippen LogP contribution is 2.01. The van der Waals surface area contributed by atoms with Crippen molar-refractivity contribution >= 4 is 5.91 Å². The van der Waals surface area contributed by atoms with Crippen LogP contribution in [0.3, 0.4) is 0 Å². The summed E-state index contributed by atoms with van der Waals surface area (Å²) in [4.78, 5) is 21.6. The molecule has 0 saturated carbocycles. The van der Waals surface area contributed by atoms with Gasteiger partial charge in [-0.1, -0.05) is 30.1 Å². The van der Waals surface area contributed by atoms with E-state index in [-0.39, 0.29) is 17.6 Å². The molecule has 0 aromatic rings. The van der Waals surface area contributed by atoms with Crippen molar-refractivity contribution in [2.45, 2.75) is 37.9 Å². The molecule has 0 heterocycles. The van der Waals surface area contributed by atoms with Crippen molar-refractivity contribution in [2.24, 2.45) is 0 Å². The molecule has 0 spiro atoms. The van der Waals surface area contributed by atoms with Crippen LogP contribution in [-0.2, 0) is 4.79 Å². The van der Waals surface area contributed by atoms with E-state index in [9.17, 15) is 19.9 Å². The maximum Gasteiger partial charge on any atom is 0.432 e. The predicted octanol–water partition coefficient (Wildman–Crippen LogP) is 0.953. The van der Waals surface area contributed by atoms with E-state index in [0.29, 0.717) is 12.8 Å². The van der Waals surface area contributed by atoms with Gasteiger partial charge in [0.05, 0.1) is 17.3 Å². The Morgan fingerprint density at radius 2 is 2.10 bits per heavy atom. The summed E-state index contributed by atoms with van der Waals surface area (Å²) in [5, 5.41) is 18.8. The fourth-order valence-electron chi connectivity index (χ4n) is 1.31. The fraction of sp³-hybridized carbons (Fsp3) is 0.438. The fourth-order valence-corrected chi connectivity index (χ4v) is 1.31. The lowest BCUT2D eigenvalue weighted by atomic mass is 10.1. The number of allylic oxidation sites excluding steroid dienone is 3. The first-order chi connectivity index (χ1) is 9.97. The van der Waals surface area contributed by atoms with Crippen LogP contribution in [0.15, 0.2) is 24.3 Å². The third-order valence-electron chi connectivity index (χ3n) is 2.42. The zero-order valence-corrected chi connectivity index (χ0v) is 12.0. The second-order valence-corrected chi connectivity index (χ2v) is 4.31. The van der Waals surface area contributed by atoms with Crippen molar-refractivity contribution in [2.75, 3.05) is 7.05 Å². The lowest BCUT2D eigenvalue weighted by Crippen LogP contribution is -2.13. The van der Waals surface area contributed by atoms with Gasteiger partial charge in [0.15, 0.2) is 7.05 Å². The van der Waals surface area contributed by atoms with Crippen LogP contribution in [0, 0.1) is 29.1 Å². The number of aliphatic hydroxyl groups excluding tert-OH is 2. The Balaban J connectivity index is 3.97. The highest BCUT2D eigenvalue weighted by molar-refractivity contribution is 5.66. The summed E-state index contributed by atoms with van der Waals surface area (Å²) in [5.41, 5.74) is 0. The lowest BCUT2D eigenvalue weighted by molar-refractivity contribution is -0.439. The molecule has 0 aliphatic heterocycles. The molecule has 0 aliphatic rings. The van der Waals surface area contributed by atoms with Crippen molar-refractivity contribution < 1.29 is 19.8 Å². The number of rotatable bonds is 7. The van der Waals surface area contributed by atoms with E-state index in [1.807, 2.05) is 0 Å². The summed E-state index contributed by atoms with van der Waals surface area (Å²) in [6, 6.07) is 0. The molecular formula is C16H20NO4+. The van der Waals surface area contributed by atoms with E-state index >= 15 is 0 Å². The molecule has 1 amide bonds. The van der Waals surface area contributed by atoms with Gasteiger partial charge in [-0.15, -0.1) is 12.3 Å². The van der Waals surface area contributed by atoms with Crippen LogP contribution in [-0.4, -0.2) is 40.1 Å². The van der Waals surface area contributed by atoms with E-state index in [1.165, 1.54) is 6.08 Å². The van der Waals surface area contributed by atoms with Crippen LogP contribution < -0.4 is 0 Å². The molecule has 0 saturated heterocycles. The number of hydrogen-bond acceptors (Lipinski definition) is 4. The van der Waals surface area contributed by atoms with Gasteiger partial charge < -0.3 is 10.2 Å². The number of terminal acetylenes is 1. The minimum absolute atomic E-state index is 0.102. The van der Waals surface area contributed by atoms with Crippen molar-refractivity contribution in [3.63, 3.8) is 0 Å². The minimum atomic E-state index is -0.838. The van der Waals surface area contributed by atoms with Gasteiger partial charge in [-0.3, -0.25) is 0 Å². The second kappa shape index (κ2) is 11.6. The topological polar surface area (TPSA) is 77.6 Å². The normalized spacial score (nSPS) is 13.4. The van der Waals surface area contributed by atoms with Gasteiger partial charge in [0.2, 0.25) is 0 Å².